The van der Waals surface area contributed by atoms with Crippen LogP contribution in [0.2, 0.25) is 0 Å². The lowest BCUT2D eigenvalue weighted by Crippen LogP contribution is -2.31. The molecule has 0 fully saturated rings. The first-order chi connectivity index (χ1) is 12.8. The topological polar surface area (TPSA) is 102 Å². The van der Waals surface area contributed by atoms with E-state index < -0.39 is 16.2 Å². The first-order valence-electron chi connectivity index (χ1n) is 8.21. The molecule has 0 N–H and O–H groups in total. The van der Waals surface area contributed by atoms with Crippen molar-refractivity contribution in [2.75, 3.05) is 0 Å². The Hall–Kier alpha value is -2.94. The Kier molecular flexibility index (Phi) is 5.13. The highest BCUT2D eigenvalue weighted by Gasteiger charge is 2.29. The smallest absolute Gasteiger partial charge is 0.344 e. The second kappa shape index (κ2) is 7.36. The van der Waals surface area contributed by atoms with Crippen LogP contribution in [0.1, 0.15) is 29.5 Å². The van der Waals surface area contributed by atoms with Crippen molar-refractivity contribution in [2.45, 2.75) is 33.9 Å². The first-order valence-corrected chi connectivity index (χ1v) is 9.61. The van der Waals surface area contributed by atoms with Crippen molar-refractivity contribution >= 4 is 21.9 Å². The molecule has 0 spiro atoms. The Morgan fingerprint density at radius 2 is 1.89 bits per heavy atom. The molecule has 0 radical (unpaired) electrons. The number of hydrogen-bond donors (Lipinski definition) is 0. The Morgan fingerprint density at radius 1 is 1.19 bits per heavy atom. The molecule has 8 nitrogen and oxygen atoms in total. The summed E-state index contributed by atoms with van der Waals surface area (Å²) in [6, 6.07) is 9.05. The van der Waals surface area contributed by atoms with Gasteiger partial charge in [-0.3, -0.25) is 4.31 Å². The van der Waals surface area contributed by atoms with E-state index in [4.69, 9.17) is 9.26 Å². The molecule has 0 aliphatic carbocycles. The largest absolute Gasteiger partial charge is 0.457 e. The molecule has 0 saturated heterocycles. The number of nitrogens with zero attached hydrogens (tertiary/aromatic N) is 3. The normalized spacial score (nSPS) is 15.9. The summed E-state index contributed by atoms with van der Waals surface area (Å²) in [5.41, 5.74) is 2.27. The van der Waals surface area contributed by atoms with Crippen molar-refractivity contribution in [3.8, 4) is 0 Å². The number of esters is 1. The molecule has 9 heteroatoms. The molecule has 2 heterocycles. The maximum atomic E-state index is 12.5. The van der Waals surface area contributed by atoms with Crippen molar-refractivity contribution in [3.63, 3.8) is 0 Å². The predicted octanol–water partition coefficient (Wildman–Crippen LogP) is 2.44. The van der Waals surface area contributed by atoms with Gasteiger partial charge in [0.05, 0.1) is 29.1 Å². The average molecular weight is 389 g/mol. The SMILES string of the molecule is CC1=NS(=O)(=O)N(Cc2ccccc2)C=C1C(=O)OCc1c(C)noc1C. The van der Waals surface area contributed by atoms with Crippen molar-refractivity contribution < 1.29 is 22.5 Å². The van der Waals surface area contributed by atoms with Crippen LogP contribution >= 0.6 is 0 Å². The molecule has 1 aliphatic rings. The van der Waals surface area contributed by atoms with E-state index in [1.54, 1.807) is 26.0 Å². The average Bonchev–Trinajstić information content (AvgIpc) is 2.94. The van der Waals surface area contributed by atoms with E-state index in [2.05, 4.69) is 9.55 Å². The molecule has 142 valence electrons. The van der Waals surface area contributed by atoms with Crippen LogP contribution in [0.25, 0.3) is 0 Å². The molecular formula is C18H19N3O5S. The molecule has 0 amide bonds. The highest BCUT2D eigenvalue weighted by molar-refractivity contribution is 7.88. The van der Waals surface area contributed by atoms with Gasteiger partial charge in [0.2, 0.25) is 0 Å². The van der Waals surface area contributed by atoms with Crippen LogP contribution in [0.4, 0.5) is 0 Å². The maximum Gasteiger partial charge on any atom is 0.344 e. The monoisotopic (exact) mass is 389 g/mol. The van der Waals surface area contributed by atoms with E-state index >= 15 is 0 Å². The zero-order chi connectivity index (χ0) is 19.6. The van der Waals surface area contributed by atoms with Crippen LogP contribution in [-0.2, 0) is 32.9 Å². The summed E-state index contributed by atoms with van der Waals surface area (Å²) in [4.78, 5) is 12.5. The van der Waals surface area contributed by atoms with Crippen molar-refractivity contribution in [2.24, 2.45) is 4.40 Å². The first kappa shape index (κ1) is 18.8. The number of carbonyl (C=O) groups is 1. The van der Waals surface area contributed by atoms with Crippen LogP contribution in [0.5, 0.6) is 0 Å². The van der Waals surface area contributed by atoms with Gasteiger partial charge in [-0.05, 0) is 26.3 Å². The molecule has 3 rings (SSSR count). The van der Waals surface area contributed by atoms with Gasteiger partial charge in [0, 0.05) is 6.20 Å². The molecular weight excluding hydrogens is 370 g/mol. The van der Waals surface area contributed by atoms with Crippen LogP contribution in [-0.4, -0.2) is 29.6 Å². The van der Waals surface area contributed by atoms with Crippen LogP contribution in [0, 0.1) is 13.8 Å². The zero-order valence-corrected chi connectivity index (χ0v) is 16.0. The molecule has 0 saturated carbocycles. The maximum absolute atomic E-state index is 12.5. The number of aryl methyl sites for hydroxylation is 2. The number of aromatic nitrogens is 1. The van der Waals surface area contributed by atoms with E-state index in [9.17, 15) is 13.2 Å². The standard InChI is InChI=1S/C18H19N3O5S/c1-12-17(14(3)26-19-12)11-25-18(22)16-10-21(27(23,24)20-13(16)2)9-15-7-5-4-6-8-15/h4-8,10H,9,11H2,1-3H3. The van der Waals surface area contributed by atoms with Crippen molar-refractivity contribution in [1.29, 1.82) is 0 Å². The van der Waals surface area contributed by atoms with Crippen molar-refractivity contribution in [1.82, 2.24) is 9.46 Å². The third-order valence-corrected chi connectivity index (χ3v) is 5.47. The van der Waals surface area contributed by atoms with E-state index in [0.717, 1.165) is 9.87 Å². The van der Waals surface area contributed by atoms with E-state index in [1.165, 1.54) is 13.1 Å². The summed E-state index contributed by atoms with van der Waals surface area (Å²) in [6.45, 7) is 4.99. The van der Waals surface area contributed by atoms with Gasteiger partial charge in [-0.15, -0.1) is 4.40 Å². The molecule has 1 aromatic carbocycles. The molecule has 1 aromatic heterocycles. The second-order valence-electron chi connectivity index (χ2n) is 6.11. The minimum Gasteiger partial charge on any atom is -0.457 e. The summed E-state index contributed by atoms with van der Waals surface area (Å²) < 4.78 is 39.7. The Morgan fingerprint density at radius 3 is 2.52 bits per heavy atom. The van der Waals surface area contributed by atoms with Gasteiger partial charge in [0.1, 0.15) is 12.4 Å². The van der Waals surface area contributed by atoms with Gasteiger partial charge in [0.25, 0.3) is 0 Å². The van der Waals surface area contributed by atoms with Gasteiger partial charge < -0.3 is 9.26 Å². The molecule has 0 bridgehead atoms. The Balaban J connectivity index is 1.80. The lowest BCUT2D eigenvalue weighted by Gasteiger charge is -2.23. The Labute approximate surface area is 157 Å². The fourth-order valence-electron chi connectivity index (χ4n) is 2.59. The molecule has 0 unspecified atom stereocenters. The second-order valence-corrected chi connectivity index (χ2v) is 7.65. The fourth-order valence-corrected chi connectivity index (χ4v) is 3.69. The predicted molar refractivity (Wildman–Crippen MR) is 97.9 cm³/mol. The number of hydrogen-bond acceptors (Lipinski definition) is 6. The third-order valence-electron chi connectivity index (χ3n) is 4.14. The van der Waals surface area contributed by atoms with Crippen LogP contribution in [0.15, 0.2) is 51.0 Å². The molecule has 2 aromatic rings. The van der Waals surface area contributed by atoms with Gasteiger partial charge in [-0.25, -0.2) is 4.79 Å². The summed E-state index contributed by atoms with van der Waals surface area (Å²) in [5, 5.41) is 3.81. The van der Waals surface area contributed by atoms with Gasteiger partial charge >= 0.3 is 16.2 Å². The van der Waals surface area contributed by atoms with Gasteiger partial charge in [-0.1, -0.05) is 35.5 Å². The van der Waals surface area contributed by atoms with Gasteiger partial charge in [0.15, 0.2) is 0 Å². The lowest BCUT2D eigenvalue weighted by molar-refractivity contribution is -0.139. The van der Waals surface area contributed by atoms with Crippen molar-refractivity contribution in [3.05, 3.63) is 64.7 Å². The summed E-state index contributed by atoms with van der Waals surface area (Å²) in [6.07, 6.45) is 1.26. The molecule has 1 aliphatic heterocycles. The van der Waals surface area contributed by atoms with Gasteiger partial charge in [-0.2, -0.15) is 8.42 Å². The minimum atomic E-state index is -3.90. The third kappa shape index (κ3) is 4.08. The summed E-state index contributed by atoms with van der Waals surface area (Å²) in [5.74, 6) is -0.0965. The summed E-state index contributed by atoms with van der Waals surface area (Å²) in [7, 11) is -3.90. The summed E-state index contributed by atoms with van der Waals surface area (Å²) >= 11 is 0. The number of ether oxygens (including phenoxy) is 1. The quantitative estimate of drug-likeness (QED) is 0.728. The number of rotatable bonds is 5. The minimum absolute atomic E-state index is 0.0178. The molecule has 27 heavy (non-hydrogen) atoms. The van der Waals surface area contributed by atoms with Crippen LogP contribution < -0.4 is 0 Å². The van der Waals surface area contributed by atoms with E-state index in [1.807, 2.05) is 18.2 Å². The van der Waals surface area contributed by atoms with E-state index in [0.29, 0.717) is 17.0 Å². The number of carbonyl (C=O) groups excluding carboxylic acids is 1. The number of benzene rings is 1. The fraction of sp³-hybridized carbons (Fsp3) is 0.278. The van der Waals surface area contributed by atoms with E-state index in [-0.39, 0.29) is 24.4 Å². The zero-order valence-electron chi connectivity index (χ0n) is 15.2. The molecule has 0 atom stereocenters. The highest BCUT2D eigenvalue weighted by Crippen LogP contribution is 2.21. The lowest BCUT2D eigenvalue weighted by atomic mass is 10.2. The van der Waals surface area contributed by atoms with Crippen LogP contribution in [0.3, 0.4) is 0 Å². The Bertz CT molecular complexity index is 1000. The highest BCUT2D eigenvalue weighted by atomic mass is 32.2.